The minimum Gasteiger partial charge on any atom is -0.350 e. The lowest BCUT2D eigenvalue weighted by molar-refractivity contribution is -0.121. The van der Waals surface area contributed by atoms with E-state index in [0.717, 1.165) is 5.56 Å². The molecule has 1 aromatic rings. The van der Waals surface area contributed by atoms with Crippen molar-refractivity contribution in [2.75, 3.05) is 6.54 Å². The number of amides is 1. The molecular formula is C10H16N2OS. The van der Waals surface area contributed by atoms with Crippen LogP contribution < -0.4 is 11.1 Å². The predicted octanol–water partition coefficient (Wildman–Crippen LogP) is 1.14. The van der Waals surface area contributed by atoms with Crippen LogP contribution in [-0.4, -0.2) is 18.0 Å². The van der Waals surface area contributed by atoms with E-state index in [2.05, 4.69) is 5.32 Å². The summed E-state index contributed by atoms with van der Waals surface area (Å²) in [6.45, 7) is 4.28. The number of hydrogen-bond donors (Lipinski definition) is 2. The Balaban J connectivity index is 2.44. The van der Waals surface area contributed by atoms with Gasteiger partial charge in [0, 0.05) is 12.1 Å². The van der Waals surface area contributed by atoms with Gasteiger partial charge in [-0.05, 0) is 36.2 Å². The van der Waals surface area contributed by atoms with Gasteiger partial charge in [-0.15, -0.1) is 0 Å². The molecular weight excluding hydrogens is 196 g/mol. The second-order valence-electron chi connectivity index (χ2n) is 3.94. The molecule has 3 N–H and O–H groups in total. The summed E-state index contributed by atoms with van der Waals surface area (Å²) in [5.41, 5.74) is 6.26. The summed E-state index contributed by atoms with van der Waals surface area (Å²) in [6, 6.07) is 1.96. The lowest BCUT2D eigenvalue weighted by atomic mass is 10.1. The fourth-order valence-electron chi connectivity index (χ4n) is 1.05. The fourth-order valence-corrected chi connectivity index (χ4v) is 1.72. The summed E-state index contributed by atoms with van der Waals surface area (Å²) < 4.78 is 0. The van der Waals surface area contributed by atoms with Crippen molar-refractivity contribution in [1.29, 1.82) is 0 Å². The Hall–Kier alpha value is -0.870. The number of carbonyl (C=O) groups is 1. The third kappa shape index (κ3) is 3.47. The Labute approximate surface area is 88.3 Å². The zero-order valence-electron chi connectivity index (χ0n) is 8.54. The van der Waals surface area contributed by atoms with Crippen molar-refractivity contribution in [3.05, 3.63) is 22.4 Å². The van der Waals surface area contributed by atoms with E-state index in [0.29, 0.717) is 13.0 Å². The zero-order valence-corrected chi connectivity index (χ0v) is 9.36. The van der Waals surface area contributed by atoms with Crippen LogP contribution in [0.5, 0.6) is 0 Å². The molecule has 0 atom stereocenters. The quantitative estimate of drug-likeness (QED) is 0.786. The summed E-state index contributed by atoms with van der Waals surface area (Å²) in [5.74, 6) is 0.0267. The van der Waals surface area contributed by atoms with Crippen LogP contribution in [0.3, 0.4) is 0 Å². The Morgan fingerprint density at radius 2 is 2.36 bits per heavy atom. The Morgan fingerprint density at radius 3 is 2.86 bits per heavy atom. The Morgan fingerprint density at radius 1 is 1.64 bits per heavy atom. The molecule has 0 aromatic carbocycles. The van der Waals surface area contributed by atoms with Gasteiger partial charge < -0.3 is 11.1 Å². The van der Waals surface area contributed by atoms with Crippen molar-refractivity contribution in [3.8, 4) is 0 Å². The van der Waals surface area contributed by atoms with Crippen molar-refractivity contribution in [3.63, 3.8) is 0 Å². The van der Waals surface area contributed by atoms with Crippen molar-refractivity contribution in [2.24, 2.45) is 5.73 Å². The highest BCUT2D eigenvalue weighted by atomic mass is 32.1. The van der Waals surface area contributed by atoms with E-state index in [1.807, 2.05) is 30.7 Å². The smallest absolute Gasteiger partial charge is 0.224 e. The van der Waals surface area contributed by atoms with Gasteiger partial charge in [-0.2, -0.15) is 11.3 Å². The van der Waals surface area contributed by atoms with E-state index in [1.54, 1.807) is 11.3 Å². The van der Waals surface area contributed by atoms with Gasteiger partial charge in [0.1, 0.15) is 0 Å². The molecule has 0 bridgehead atoms. The largest absolute Gasteiger partial charge is 0.350 e. The van der Waals surface area contributed by atoms with E-state index < -0.39 is 0 Å². The summed E-state index contributed by atoms with van der Waals surface area (Å²) in [6.07, 6.45) is 0.437. The molecule has 1 rings (SSSR count). The molecule has 1 aromatic heterocycles. The molecule has 14 heavy (non-hydrogen) atoms. The monoisotopic (exact) mass is 212 g/mol. The minimum absolute atomic E-state index is 0.0267. The number of thiophene rings is 1. The first-order valence-electron chi connectivity index (χ1n) is 4.56. The SMILES string of the molecule is CC(C)(CN)NC(=O)Cc1ccsc1. The fraction of sp³-hybridized carbons (Fsp3) is 0.500. The maximum absolute atomic E-state index is 11.5. The molecule has 0 aliphatic carbocycles. The average molecular weight is 212 g/mol. The number of nitrogens with two attached hydrogens (primary N) is 1. The van der Waals surface area contributed by atoms with Crippen LogP contribution >= 0.6 is 11.3 Å². The molecule has 1 heterocycles. The topological polar surface area (TPSA) is 55.1 Å². The lowest BCUT2D eigenvalue weighted by Gasteiger charge is -2.24. The van der Waals surface area contributed by atoms with E-state index in [-0.39, 0.29) is 11.4 Å². The number of hydrogen-bond acceptors (Lipinski definition) is 3. The summed E-state index contributed by atoms with van der Waals surface area (Å²) in [7, 11) is 0. The van der Waals surface area contributed by atoms with Crippen molar-refractivity contribution >= 4 is 17.2 Å². The van der Waals surface area contributed by atoms with Gasteiger partial charge in [0.05, 0.1) is 6.42 Å². The van der Waals surface area contributed by atoms with Crippen molar-refractivity contribution < 1.29 is 4.79 Å². The van der Waals surface area contributed by atoms with Crippen LogP contribution in [-0.2, 0) is 11.2 Å². The normalized spacial score (nSPS) is 11.4. The first-order valence-corrected chi connectivity index (χ1v) is 5.50. The van der Waals surface area contributed by atoms with Crippen LogP contribution in [0.25, 0.3) is 0 Å². The highest BCUT2D eigenvalue weighted by molar-refractivity contribution is 7.07. The first-order chi connectivity index (χ1) is 6.53. The van der Waals surface area contributed by atoms with Crippen LogP contribution in [0, 0.1) is 0 Å². The number of nitrogens with one attached hydrogen (secondary N) is 1. The highest BCUT2D eigenvalue weighted by Gasteiger charge is 2.17. The summed E-state index contributed by atoms with van der Waals surface area (Å²) >= 11 is 1.60. The van der Waals surface area contributed by atoms with E-state index in [1.165, 1.54) is 0 Å². The first kappa shape index (κ1) is 11.2. The third-order valence-electron chi connectivity index (χ3n) is 1.93. The second-order valence-corrected chi connectivity index (χ2v) is 4.72. The van der Waals surface area contributed by atoms with Gasteiger partial charge in [-0.3, -0.25) is 4.79 Å². The van der Waals surface area contributed by atoms with Crippen molar-refractivity contribution in [2.45, 2.75) is 25.8 Å². The lowest BCUT2D eigenvalue weighted by Crippen LogP contribution is -2.49. The summed E-state index contributed by atoms with van der Waals surface area (Å²) in [5, 5.41) is 6.84. The molecule has 0 radical (unpaired) electrons. The molecule has 0 aliphatic heterocycles. The summed E-state index contributed by atoms with van der Waals surface area (Å²) in [4.78, 5) is 11.5. The van der Waals surface area contributed by atoms with Crippen LogP contribution in [0.4, 0.5) is 0 Å². The molecule has 0 saturated carbocycles. The molecule has 1 amide bonds. The molecule has 0 spiro atoms. The van der Waals surface area contributed by atoms with Gasteiger partial charge in [0.25, 0.3) is 0 Å². The Kier molecular flexibility index (Phi) is 3.66. The van der Waals surface area contributed by atoms with Gasteiger partial charge in [-0.1, -0.05) is 0 Å². The van der Waals surface area contributed by atoms with Gasteiger partial charge in [0.2, 0.25) is 5.91 Å². The predicted molar refractivity (Wildman–Crippen MR) is 59.3 cm³/mol. The van der Waals surface area contributed by atoms with E-state index in [9.17, 15) is 4.79 Å². The molecule has 0 unspecified atom stereocenters. The van der Waals surface area contributed by atoms with E-state index in [4.69, 9.17) is 5.73 Å². The molecule has 3 nitrogen and oxygen atoms in total. The zero-order chi connectivity index (χ0) is 10.6. The minimum atomic E-state index is -0.312. The number of rotatable bonds is 4. The maximum Gasteiger partial charge on any atom is 0.224 e. The third-order valence-corrected chi connectivity index (χ3v) is 2.66. The molecule has 0 saturated heterocycles. The standard InChI is InChI=1S/C10H16N2OS/c1-10(2,7-11)12-9(13)5-8-3-4-14-6-8/h3-4,6H,5,7,11H2,1-2H3,(H,12,13). The molecule has 0 aliphatic rings. The molecule has 4 heteroatoms. The second kappa shape index (κ2) is 4.57. The van der Waals surface area contributed by atoms with Gasteiger partial charge in [-0.25, -0.2) is 0 Å². The van der Waals surface area contributed by atoms with Gasteiger partial charge >= 0.3 is 0 Å². The Bertz CT molecular complexity index is 293. The average Bonchev–Trinajstić information content (AvgIpc) is 2.55. The van der Waals surface area contributed by atoms with Crippen LogP contribution in [0.1, 0.15) is 19.4 Å². The molecule has 0 fully saturated rings. The molecule has 78 valence electrons. The number of carbonyl (C=O) groups excluding carboxylic acids is 1. The maximum atomic E-state index is 11.5. The van der Waals surface area contributed by atoms with Gasteiger partial charge in [0.15, 0.2) is 0 Å². The van der Waals surface area contributed by atoms with Crippen molar-refractivity contribution in [1.82, 2.24) is 5.32 Å². The highest BCUT2D eigenvalue weighted by Crippen LogP contribution is 2.07. The van der Waals surface area contributed by atoms with Crippen LogP contribution in [0.2, 0.25) is 0 Å². The van der Waals surface area contributed by atoms with Crippen LogP contribution in [0.15, 0.2) is 16.8 Å². The van der Waals surface area contributed by atoms with E-state index >= 15 is 0 Å².